The number of aromatic nitrogens is 2. The molecule has 0 aromatic carbocycles. The second-order valence-electron chi connectivity index (χ2n) is 6.35. The second-order valence-corrected chi connectivity index (χ2v) is 7.20. The first-order valence-electron chi connectivity index (χ1n) is 7.94. The van der Waals surface area contributed by atoms with Gasteiger partial charge < -0.3 is 0 Å². The molecule has 1 aromatic rings. The van der Waals surface area contributed by atoms with E-state index in [0.29, 0.717) is 0 Å². The topological polar surface area (TPSA) is 59.1 Å². The van der Waals surface area contributed by atoms with E-state index < -0.39 is 0 Å². The lowest BCUT2D eigenvalue weighted by molar-refractivity contribution is 0.0797. The summed E-state index contributed by atoms with van der Waals surface area (Å²) in [6.07, 6.45) is 7.08. The van der Waals surface area contributed by atoms with Gasteiger partial charge in [0.1, 0.15) is 0 Å². The zero-order chi connectivity index (χ0) is 15.5. The number of hydrazine groups is 1. The highest BCUT2D eigenvalue weighted by atomic mass is 79.9. The van der Waals surface area contributed by atoms with Crippen LogP contribution in [0.15, 0.2) is 10.7 Å². The first-order valence-corrected chi connectivity index (χ1v) is 8.74. The van der Waals surface area contributed by atoms with Gasteiger partial charge >= 0.3 is 0 Å². The molecule has 0 amide bonds. The van der Waals surface area contributed by atoms with E-state index in [1.165, 1.54) is 25.7 Å². The molecule has 120 valence electrons. The van der Waals surface area contributed by atoms with Crippen molar-refractivity contribution in [1.29, 1.82) is 0 Å². The normalized spacial score (nSPS) is 19.5. The predicted octanol–water partition coefficient (Wildman–Crippen LogP) is 2.82. The fraction of sp³-hybridized carbons (Fsp3) is 0.800. The summed E-state index contributed by atoms with van der Waals surface area (Å²) >= 11 is 3.63. The first-order chi connectivity index (χ1) is 10.0. The largest absolute Gasteiger partial charge is 0.296 e. The quantitative estimate of drug-likeness (QED) is 0.628. The van der Waals surface area contributed by atoms with Gasteiger partial charge in [0.05, 0.1) is 22.4 Å². The minimum Gasteiger partial charge on any atom is -0.296 e. The molecule has 1 aliphatic heterocycles. The Kier molecular flexibility index (Phi) is 5.82. The number of halogens is 1. The molecule has 21 heavy (non-hydrogen) atoms. The second kappa shape index (κ2) is 7.22. The fourth-order valence-corrected chi connectivity index (χ4v) is 3.88. The highest BCUT2D eigenvalue weighted by Crippen LogP contribution is 2.35. The van der Waals surface area contributed by atoms with Gasteiger partial charge in [-0.05, 0) is 62.6 Å². The molecule has 0 saturated carbocycles. The third kappa shape index (κ3) is 3.50. The molecule has 0 radical (unpaired) electrons. The summed E-state index contributed by atoms with van der Waals surface area (Å²) in [5, 5.41) is 4.44. The number of nitrogens with one attached hydrogen (secondary N) is 1. The molecule has 1 unspecified atom stereocenters. The van der Waals surface area contributed by atoms with Crippen molar-refractivity contribution in [2.75, 3.05) is 13.1 Å². The van der Waals surface area contributed by atoms with Gasteiger partial charge in [0.15, 0.2) is 0 Å². The van der Waals surface area contributed by atoms with Crippen LogP contribution >= 0.6 is 15.9 Å². The van der Waals surface area contributed by atoms with E-state index in [9.17, 15) is 0 Å². The monoisotopic (exact) mass is 357 g/mol. The molecule has 1 aromatic heterocycles. The van der Waals surface area contributed by atoms with Crippen molar-refractivity contribution in [3.05, 3.63) is 16.4 Å². The van der Waals surface area contributed by atoms with Crippen LogP contribution in [0.1, 0.15) is 58.2 Å². The first kappa shape index (κ1) is 16.9. The van der Waals surface area contributed by atoms with Gasteiger partial charge in [-0.2, -0.15) is 5.10 Å². The molecule has 2 rings (SSSR count). The minimum atomic E-state index is -0.0609. The predicted molar refractivity (Wildman–Crippen MR) is 89.8 cm³/mol. The Morgan fingerprint density at radius 3 is 2.48 bits per heavy atom. The maximum Gasteiger partial charge on any atom is 0.0818 e. The lowest BCUT2D eigenvalue weighted by atomic mass is 9.89. The van der Waals surface area contributed by atoms with Gasteiger partial charge in [-0.3, -0.25) is 15.4 Å². The molecule has 1 saturated heterocycles. The Labute approximate surface area is 136 Å². The van der Waals surface area contributed by atoms with Crippen LogP contribution < -0.4 is 11.3 Å². The lowest BCUT2D eigenvalue weighted by Crippen LogP contribution is -2.55. The number of rotatable bonds is 5. The van der Waals surface area contributed by atoms with Gasteiger partial charge in [-0.1, -0.05) is 12.8 Å². The molecule has 5 nitrogen and oxygen atoms in total. The molecule has 0 spiro atoms. The molecular formula is C15H28BrN5. The summed E-state index contributed by atoms with van der Waals surface area (Å²) < 4.78 is 3.05. The fourth-order valence-electron chi connectivity index (χ4n) is 3.36. The van der Waals surface area contributed by atoms with Crippen molar-refractivity contribution in [3.8, 4) is 0 Å². The maximum atomic E-state index is 5.95. The Hall–Kier alpha value is -0.430. The zero-order valence-corrected chi connectivity index (χ0v) is 15.0. The average molecular weight is 358 g/mol. The Balaban J connectivity index is 2.31. The molecule has 2 heterocycles. The van der Waals surface area contributed by atoms with E-state index >= 15 is 0 Å². The van der Waals surface area contributed by atoms with Gasteiger partial charge in [-0.15, -0.1) is 0 Å². The summed E-state index contributed by atoms with van der Waals surface area (Å²) in [7, 11) is 0. The van der Waals surface area contributed by atoms with Crippen molar-refractivity contribution in [2.24, 2.45) is 5.84 Å². The Morgan fingerprint density at radius 1 is 1.33 bits per heavy atom. The smallest absolute Gasteiger partial charge is 0.0818 e. The third-order valence-electron chi connectivity index (χ3n) is 4.70. The van der Waals surface area contributed by atoms with E-state index in [1.54, 1.807) is 0 Å². The molecule has 0 bridgehead atoms. The van der Waals surface area contributed by atoms with Gasteiger partial charge in [0.2, 0.25) is 0 Å². The van der Waals surface area contributed by atoms with Crippen molar-refractivity contribution in [2.45, 2.75) is 64.6 Å². The van der Waals surface area contributed by atoms with Crippen LogP contribution in [0.25, 0.3) is 0 Å². The van der Waals surface area contributed by atoms with Crippen molar-refractivity contribution >= 4 is 15.9 Å². The molecular weight excluding hydrogens is 330 g/mol. The molecule has 0 aliphatic carbocycles. The highest BCUT2D eigenvalue weighted by molar-refractivity contribution is 9.10. The molecule has 6 heteroatoms. The van der Waals surface area contributed by atoms with E-state index in [4.69, 9.17) is 5.84 Å². The van der Waals surface area contributed by atoms with Crippen molar-refractivity contribution in [1.82, 2.24) is 20.1 Å². The number of nitrogens with zero attached hydrogens (tertiary/aromatic N) is 3. The number of hydrogen-bond acceptors (Lipinski definition) is 4. The molecule has 1 aliphatic rings. The number of hydrogen-bond donors (Lipinski definition) is 2. The molecule has 1 fully saturated rings. The molecule has 1 atom stereocenters. The summed E-state index contributed by atoms with van der Waals surface area (Å²) in [4.78, 5) is 2.57. The summed E-state index contributed by atoms with van der Waals surface area (Å²) in [6.45, 7) is 9.79. The van der Waals surface area contributed by atoms with E-state index in [1.807, 2.05) is 10.9 Å². The van der Waals surface area contributed by atoms with Crippen LogP contribution in [0.2, 0.25) is 0 Å². The average Bonchev–Trinajstić information content (AvgIpc) is 2.69. The van der Waals surface area contributed by atoms with Crippen LogP contribution in [-0.4, -0.2) is 33.3 Å². The summed E-state index contributed by atoms with van der Waals surface area (Å²) in [5.74, 6) is 5.95. The van der Waals surface area contributed by atoms with E-state index in [2.05, 4.69) is 52.1 Å². The lowest BCUT2D eigenvalue weighted by Gasteiger charge is -2.43. The molecule has 3 N–H and O–H groups in total. The van der Waals surface area contributed by atoms with Crippen LogP contribution in [0.3, 0.4) is 0 Å². The van der Waals surface area contributed by atoms with E-state index in [-0.39, 0.29) is 11.6 Å². The summed E-state index contributed by atoms with van der Waals surface area (Å²) in [5.41, 5.74) is 4.12. The van der Waals surface area contributed by atoms with E-state index in [0.717, 1.165) is 29.8 Å². The highest BCUT2D eigenvalue weighted by Gasteiger charge is 2.38. The van der Waals surface area contributed by atoms with Crippen LogP contribution in [0.4, 0.5) is 0 Å². The van der Waals surface area contributed by atoms with Crippen molar-refractivity contribution in [3.63, 3.8) is 0 Å². The standard InChI is InChI=1S/C15H28BrN5/c1-4-21-13(12(16)11-18-21)14(19-17)15(2,3)20-9-7-5-6-8-10-20/h11,14,19H,4-10,17H2,1-3H3. The third-order valence-corrected chi connectivity index (χ3v) is 5.31. The number of likely N-dealkylation sites (tertiary alicyclic amines) is 1. The minimum absolute atomic E-state index is 0.0347. The van der Waals surface area contributed by atoms with Gasteiger partial charge in [0.25, 0.3) is 0 Å². The van der Waals surface area contributed by atoms with Crippen LogP contribution in [0, 0.1) is 0 Å². The maximum absolute atomic E-state index is 5.95. The Morgan fingerprint density at radius 2 is 1.95 bits per heavy atom. The Bertz CT molecular complexity index is 449. The van der Waals surface area contributed by atoms with Crippen LogP contribution in [0.5, 0.6) is 0 Å². The van der Waals surface area contributed by atoms with Gasteiger partial charge in [0, 0.05) is 12.1 Å². The number of aryl methyl sites for hydroxylation is 1. The number of nitrogens with two attached hydrogens (primary N) is 1. The SMILES string of the molecule is CCn1ncc(Br)c1C(NN)C(C)(C)N1CCCCCC1. The zero-order valence-electron chi connectivity index (χ0n) is 13.4. The summed E-state index contributed by atoms with van der Waals surface area (Å²) in [6, 6.07) is 0.0347. The van der Waals surface area contributed by atoms with Crippen LogP contribution in [-0.2, 0) is 6.54 Å². The van der Waals surface area contributed by atoms with Gasteiger partial charge in [-0.25, -0.2) is 5.43 Å². The van der Waals surface area contributed by atoms with Crippen molar-refractivity contribution < 1.29 is 0 Å².